The van der Waals surface area contributed by atoms with Crippen LogP contribution in [0.25, 0.3) is 0 Å². The van der Waals surface area contributed by atoms with Crippen molar-refractivity contribution >= 4 is 18.2 Å². The zero-order valence-corrected chi connectivity index (χ0v) is 10.7. The largest absolute Gasteiger partial charge is 0.394 e. The molecule has 0 aromatic heterocycles. The Bertz CT molecular complexity index is 440. The van der Waals surface area contributed by atoms with Gasteiger partial charge in [-0.25, -0.2) is 9.79 Å². The second kappa shape index (κ2) is 5.54. The van der Waals surface area contributed by atoms with E-state index in [-0.39, 0.29) is 6.61 Å². The summed E-state index contributed by atoms with van der Waals surface area (Å²) >= 11 is 0. The normalized spacial score (nSPS) is 41.0. The molecule has 2 heterocycles. The van der Waals surface area contributed by atoms with Crippen molar-refractivity contribution in [3.63, 3.8) is 0 Å². The predicted molar refractivity (Wildman–Crippen MR) is 64.1 cm³/mol. The molecule has 0 aliphatic carbocycles. The maximum Gasteiger partial charge on any atom is 0.347 e. The molecular weight excluding hydrogens is 272 g/mol. The molecule has 20 heavy (non-hydrogen) atoms. The van der Waals surface area contributed by atoms with Gasteiger partial charge >= 0.3 is 6.03 Å². The Labute approximate surface area is 114 Å². The predicted octanol–water partition coefficient (Wildman–Crippen LogP) is -2.44. The molecule has 0 bridgehead atoms. The minimum Gasteiger partial charge on any atom is -0.394 e. The van der Waals surface area contributed by atoms with Gasteiger partial charge in [0.25, 0.3) is 5.91 Å². The molecule has 0 aromatic rings. The standard InChI is InChI=1S/C11H16N2O7/c1-2-19-11(4-12-10(18)13-9(11)17)8-7(16)6(15)5(3-14)20-8/h4-8,14-16H,2-3H2,1H3,(H,13,17,18)/t5-,6-,7-,8-,11?/m1/s1. The second-order valence-corrected chi connectivity index (χ2v) is 4.50. The Morgan fingerprint density at radius 2 is 2.15 bits per heavy atom. The van der Waals surface area contributed by atoms with E-state index in [2.05, 4.69) is 4.99 Å². The summed E-state index contributed by atoms with van der Waals surface area (Å²) in [5.74, 6) is -0.839. The Morgan fingerprint density at radius 1 is 1.45 bits per heavy atom. The van der Waals surface area contributed by atoms with Crippen LogP contribution in [0.2, 0.25) is 0 Å². The van der Waals surface area contributed by atoms with Gasteiger partial charge in [0.1, 0.15) is 24.4 Å². The maximum absolute atomic E-state index is 12.1. The smallest absolute Gasteiger partial charge is 0.347 e. The van der Waals surface area contributed by atoms with E-state index in [1.165, 1.54) is 0 Å². The van der Waals surface area contributed by atoms with Gasteiger partial charge in [-0.2, -0.15) is 0 Å². The summed E-state index contributed by atoms with van der Waals surface area (Å²) in [5.41, 5.74) is -1.83. The summed E-state index contributed by atoms with van der Waals surface area (Å²) in [5, 5.41) is 30.8. The second-order valence-electron chi connectivity index (χ2n) is 4.50. The van der Waals surface area contributed by atoms with Crippen LogP contribution >= 0.6 is 0 Å². The molecule has 1 fully saturated rings. The zero-order valence-electron chi connectivity index (χ0n) is 10.7. The number of hydrogen-bond donors (Lipinski definition) is 4. The molecule has 0 radical (unpaired) electrons. The third kappa shape index (κ3) is 2.23. The molecule has 112 valence electrons. The van der Waals surface area contributed by atoms with E-state index in [1.54, 1.807) is 6.92 Å². The molecular formula is C11H16N2O7. The number of aliphatic hydroxyl groups is 3. The number of carbonyl (C=O) groups is 2. The van der Waals surface area contributed by atoms with Crippen LogP contribution in [0, 0.1) is 0 Å². The number of aliphatic imine (C=N–C) groups is 1. The van der Waals surface area contributed by atoms with Crippen molar-refractivity contribution in [3.8, 4) is 0 Å². The average Bonchev–Trinajstić information content (AvgIpc) is 2.70. The molecule has 2 aliphatic heterocycles. The van der Waals surface area contributed by atoms with Crippen molar-refractivity contribution in [1.29, 1.82) is 0 Å². The van der Waals surface area contributed by atoms with Crippen LogP contribution in [0.5, 0.6) is 0 Å². The van der Waals surface area contributed by atoms with Crippen LogP contribution < -0.4 is 5.32 Å². The highest BCUT2D eigenvalue weighted by Gasteiger charge is 2.58. The molecule has 1 unspecified atom stereocenters. The van der Waals surface area contributed by atoms with Crippen LogP contribution in [0.4, 0.5) is 4.79 Å². The summed E-state index contributed by atoms with van der Waals surface area (Å²) in [7, 11) is 0. The first-order valence-corrected chi connectivity index (χ1v) is 6.13. The van der Waals surface area contributed by atoms with Gasteiger partial charge in [-0.3, -0.25) is 10.1 Å². The fourth-order valence-corrected chi connectivity index (χ4v) is 2.32. The summed E-state index contributed by atoms with van der Waals surface area (Å²) in [6.45, 7) is 1.16. The number of aliphatic hydroxyl groups excluding tert-OH is 3. The molecule has 0 saturated carbocycles. The van der Waals surface area contributed by atoms with E-state index < -0.39 is 48.6 Å². The van der Waals surface area contributed by atoms with Gasteiger partial charge in [0.15, 0.2) is 0 Å². The maximum atomic E-state index is 12.1. The van der Waals surface area contributed by atoms with E-state index in [1.807, 2.05) is 5.32 Å². The topological polar surface area (TPSA) is 138 Å². The molecule has 1 saturated heterocycles. The van der Waals surface area contributed by atoms with E-state index in [0.29, 0.717) is 0 Å². The summed E-state index contributed by atoms with van der Waals surface area (Å²) in [4.78, 5) is 26.6. The number of amides is 3. The summed E-state index contributed by atoms with van der Waals surface area (Å²) in [6.07, 6.45) is -4.22. The molecule has 2 rings (SSSR count). The highest BCUT2D eigenvalue weighted by atomic mass is 16.6. The number of rotatable bonds is 4. The Kier molecular flexibility index (Phi) is 4.16. The molecule has 9 nitrogen and oxygen atoms in total. The van der Waals surface area contributed by atoms with Crippen LogP contribution in [0.1, 0.15) is 6.92 Å². The Balaban J connectivity index is 2.36. The van der Waals surface area contributed by atoms with E-state index in [4.69, 9.17) is 14.6 Å². The lowest BCUT2D eigenvalue weighted by Gasteiger charge is -2.35. The summed E-state index contributed by atoms with van der Waals surface area (Å²) < 4.78 is 10.6. The Morgan fingerprint density at radius 3 is 2.65 bits per heavy atom. The van der Waals surface area contributed by atoms with E-state index in [0.717, 1.165) is 6.21 Å². The average molecular weight is 288 g/mol. The minimum atomic E-state index is -1.83. The first kappa shape index (κ1) is 15.0. The molecule has 3 amide bonds. The fraction of sp³-hybridized carbons (Fsp3) is 0.727. The zero-order chi connectivity index (χ0) is 14.9. The van der Waals surface area contributed by atoms with Crippen LogP contribution in [0.15, 0.2) is 4.99 Å². The van der Waals surface area contributed by atoms with Crippen molar-refractivity contribution in [1.82, 2.24) is 5.32 Å². The van der Waals surface area contributed by atoms with E-state index in [9.17, 15) is 19.8 Å². The Hall–Kier alpha value is -1.39. The molecule has 0 spiro atoms. The van der Waals surface area contributed by atoms with Gasteiger partial charge in [0.05, 0.1) is 12.8 Å². The molecule has 5 atom stereocenters. The lowest BCUT2D eigenvalue weighted by Crippen LogP contribution is -2.64. The number of carbonyl (C=O) groups excluding carboxylic acids is 2. The quantitative estimate of drug-likeness (QED) is 0.451. The number of imide groups is 1. The number of ether oxygens (including phenoxy) is 2. The van der Waals surface area contributed by atoms with Crippen LogP contribution in [-0.2, 0) is 14.3 Å². The molecule has 9 heteroatoms. The number of nitrogens with one attached hydrogen (secondary N) is 1. The van der Waals surface area contributed by atoms with Gasteiger partial charge in [0.2, 0.25) is 5.60 Å². The van der Waals surface area contributed by atoms with Gasteiger partial charge in [-0.15, -0.1) is 0 Å². The minimum absolute atomic E-state index is 0.0834. The van der Waals surface area contributed by atoms with E-state index >= 15 is 0 Å². The highest BCUT2D eigenvalue weighted by molar-refractivity contribution is 6.15. The summed E-state index contributed by atoms with van der Waals surface area (Å²) in [6, 6.07) is -0.850. The van der Waals surface area contributed by atoms with Crippen LogP contribution in [-0.4, -0.2) is 76.7 Å². The number of urea groups is 1. The lowest BCUT2D eigenvalue weighted by atomic mass is 9.90. The SMILES string of the molecule is CCOC1([C@@H]2O[C@H](CO)[C@@H](O)[C@H]2O)C=NC(=O)NC1=O. The molecule has 2 aliphatic rings. The van der Waals surface area contributed by atoms with Crippen molar-refractivity contribution in [2.45, 2.75) is 36.9 Å². The van der Waals surface area contributed by atoms with Crippen molar-refractivity contribution in [3.05, 3.63) is 0 Å². The van der Waals surface area contributed by atoms with Crippen molar-refractivity contribution < 1.29 is 34.4 Å². The third-order valence-corrected chi connectivity index (χ3v) is 3.30. The van der Waals surface area contributed by atoms with Gasteiger partial charge in [-0.05, 0) is 6.92 Å². The fourth-order valence-electron chi connectivity index (χ4n) is 2.32. The van der Waals surface area contributed by atoms with Crippen molar-refractivity contribution in [2.75, 3.05) is 13.2 Å². The van der Waals surface area contributed by atoms with Crippen LogP contribution in [0.3, 0.4) is 0 Å². The van der Waals surface area contributed by atoms with Crippen molar-refractivity contribution in [2.24, 2.45) is 4.99 Å². The third-order valence-electron chi connectivity index (χ3n) is 3.30. The molecule has 4 N–H and O–H groups in total. The van der Waals surface area contributed by atoms with Gasteiger partial charge < -0.3 is 24.8 Å². The monoisotopic (exact) mass is 288 g/mol. The first-order chi connectivity index (χ1) is 9.46. The number of nitrogens with zero attached hydrogens (tertiary/aromatic N) is 1. The van der Waals surface area contributed by atoms with Gasteiger partial charge in [-0.1, -0.05) is 0 Å². The lowest BCUT2D eigenvalue weighted by molar-refractivity contribution is -0.160. The highest BCUT2D eigenvalue weighted by Crippen LogP contribution is 2.32. The number of hydrogen-bond acceptors (Lipinski definition) is 7. The first-order valence-electron chi connectivity index (χ1n) is 6.13. The molecule has 0 aromatic carbocycles. The van der Waals surface area contributed by atoms with Gasteiger partial charge in [0, 0.05) is 6.61 Å².